The fourth-order valence-corrected chi connectivity index (χ4v) is 1.70. The predicted octanol–water partition coefficient (Wildman–Crippen LogP) is -0.841. The maximum atomic E-state index is 11.9. The zero-order chi connectivity index (χ0) is 13.0. The van der Waals surface area contributed by atoms with Gasteiger partial charge in [-0.25, -0.2) is 0 Å². The van der Waals surface area contributed by atoms with Gasteiger partial charge in [0.2, 0.25) is 5.56 Å². The van der Waals surface area contributed by atoms with Crippen LogP contribution < -0.4 is 35.1 Å². The Hall–Kier alpha value is -1.61. The molecule has 2 aromatic rings. The molecule has 1 aromatic heterocycles. The molecular weight excluding hydrogens is 251 g/mol. The second-order valence-electron chi connectivity index (χ2n) is 3.83. The van der Waals surface area contributed by atoms with E-state index in [4.69, 9.17) is 5.26 Å². The first-order valence-corrected chi connectivity index (χ1v) is 5.44. The molecule has 19 heavy (non-hydrogen) atoms. The van der Waals surface area contributed by atoms with Crippen LogP contribution in [-0.2, 0) is 6.42 Å². The van der Waals surface area contributed by atoms with Gasteiger partial charge in [0.25, 0.3) is 0 Å². The van der Waals surface area contributed by atoms with E-state index in [0.29, 0.717) is 17.7 Å². The third-order valence-electron chi connectivity index (χ3n) is 2.59. The fraction of sp³-hybridized carbons (Fsp3) is 0.154. The average molecular weight is 262 g/mol. The number of nitrogens with zero attached hydrogens (tertiary/aromatic N) is 3. The van der Waals surface area contributed by atoms with Gasteiger partial charge < -0.3 is 15.2 Å². The van der Waals surface area contributed by atoms with Crippen LogP contribution in [0.5, 0.6) is 0 Å². The Kier molecular flexibility index (Phi) is 5.77. The Morgan fingerprint density at radius 1 is 1.37 bits per heavy atom. The quantitative estimate of drug-likeness (QED) is 0.578. The first-order chi connectivity index (χ1) is 8.70. The summed E-state index contributed by atoms with van der Waals surface area (Å²) in [6, 6.07) is 9.67. The number of aromatic amines is 1. The monoisotopic (exact) mass is 262 g/mol. The summed E-state index contributed by atoms with van der Waals surface area (Å²) >= 11 is 0. The minimum absolute atomic E-state index is 0. The van der Waals surface area contributed by atoms with Crippen LogP contribution in [0.4, 0.5) is 5.95 Å². The van der Waals surface area contributed by atoms with Crippen LogP contribution in [0, 0.1) is 18.4 Å². The number of aromatic nitrogens is 2. The van der Waals surface area contributed by atoms with Crippen LogP contribution in [0.2, 0.25) is 0 Å². The molecule has 0 aliphatic heterocycles. The molecule has 1 N–H and O–H groups in total. The van der Waals surface area contributed by atoms with Gasteiger partial charge in [0.05, 0.1) is 12.1 Å². The summed E-state index contributed by atoms with van der Waals surface area (Å²) in [5.74, 6) is 0.0526. The standard InChI is InChI=1S/C13H12N4O.Na/c1-9-11(7-10-5-3-2-4-6-10)12(18)17-13(16-9)15-8-14;/h2-6H,7H2,1H3,(H2,15,16,17,18);/q;+1/p-1. The summed E-state index contributed by atoms with van der Waals surface area (Å²) in [4.78, 5) is 18.4. The Balaban J connectivity index is 0.00000180. The van der Waals surface area contributed by atoms with Crippen molar-refractivity contribution in [3.8, 4) is 6.19 Å². The molecule has 6 heteroatoms. The number of rotatable bonds is 3. The molecule has 90 valence electrons. The molecule has 0 aliphatic carbocycles. The van der Waals surface area contributed by atoms with Crippen molar-refractivity contribution < 1.29 is 29.6 Å². The van der Waals surface area contributed by atoms with Crippen molar-refractivity contribution >= 4 is 5.95 Å². The van der Waals surface area contributed by atoms with Gasteiger partial charge in [0, 0.05) is 12.0 Å². The Morgan fingerprint density at radius 2 is 2.05 bits per heavy atom. The van der Waals surface area contributed by atoms with Crippen molar-refractivity contribution in [3.63, 3.8) is 0 Å². The first-order valence-electron chi connectivity index (χ1n) is 5.44. The van der Waals surface area contributed by atoms with Crippen LogP contribution in [-0.4, -0.2) is 9.97 Å². The molecule has 5 nitrogen and oxygen atoms in total. The van der Waals surface area contributed by atoms with Crippen LogP contribution >= 0.6 is 0 Å². The zero-order valence-electron chi connectivity index (χ0n) is 10.8. The van der Waals surface area contributed by atoms with Gasteiger partial charge in [0.1, 0.15) is 0 Å². The summed E-state index contributed by atoms with van der Waals surface area (Å²) in [6.45, 7) is 1.74. The molecule has 0 saturated heterocycles. The first kappa shape index (κ1) is 15.4. The number of hydrogen-bond acceptors (Lipinski definition) is 3. The van der Waals surface area contributed by atoms with Gasteiger partial charge in [-0.2, -0.15) is 0 Å². The third kappa shape index (κ3) is 3.93. The normalized spacial score (nSPS) is 9.26. The Bertz CT molecular complexity index is 646. The number of nitriles is 1. The van der Waals surface area contributed by atoms with E-state index in [-0.39, 0.29) is 41.1 Å². The number of aryl methyl sites for hydroxylation is 1. The summed E-state index contributed by atoms with van der Waals surface area (Å²) in [7, 11) is 0. The largest absolute Gasteiger partial charge is 1.00 e. The van der Waals surface area contributed by atoms with Crippen molar-refractivity contribution in [3.05, 3.63) is 62.8 Å². The van der Waals surface area contributed by atoms with E-state index < -0.39 is 0 Å². The van der Waals surface area contributed by atoms with E-state index in [0.717, 1.165) is 5.56 Å². The van der Waals surface area contributed by atoms with Gasteiger partial charge >= 0.3 is 29.6 Å². The molecule has 2 rings (SSSR count). The average Bonchev–Trinajstić information content (AvgIpc) is 2.36. The van der Waals surface area contributed by atoms with Crippen LogP contribution in [0.1, 0.15) is 16.8 Å². The maximum Gasteiger partial charge on any atom is 1.00 e. The van der Waals surface area contributed by atoms with Crippen molar-refractivity contribution in [2.24, 2.45) is 0 Å². The molecule has 0 bridgehead atoms. The molecule has 0 spiro atoms. The van der Waals surface area contributed by atoms with E-state index in [9.17, 15) is 4.79 Å². The van der Waals surface area contributed by atoms with Gasteiger partial charge in [-0.05, 0) is 18.2 Å². The number of benzene rings is 1. The molecular formula is C13H11N4NaO. The molecule has 0 amide bonds. The summed E-state index contributed by atoms with van der Waals surface area (Å²) in [5, 5.41) is 11.8. The second-order valence-corrected chi connectivity index (χ2v) is 3.83. The molecule has 0 radical (unpaired) electrons. The fourth-order valence-electron chi connectivity index (χ4n) is 1.70. The summed E-state index contributed by atoms with van der Waals surface area (Å²) in [5.41, 5.74) is 1.98. The second kappa shape index (κ2) is 7.10. The van der Waals surface area contributed by atoms with Crippen LogP contribution in [0.15, 0.2) is 35.1 Å². The number of nitrogens with one attached hydrogen (secondary N) is 1. The maximum absolute atomic E-state index is 11.9. The van der Waals surface area contributed by atoms with Crippen LogP contribution in [0.3, 0.4) is 0 Å². The van der Waals surface area contributed by atoms with Gasteiger partial charge in [-0.15, -0.1) is 0 Å². The molecule has 0 atom stereocenters. The SMILES string of the molecule is Cc1nc([N-]C#N)[nH]c(=O)c1Cc1ccccc1.[Na+]. The van der Waals surface area contributed by atoms with Gasteiger partial charge in [-0.3, -0.25) is 10.1 Å². The molecule has 1 aromatic carbocycles. The van der Waals surface area contributed by atoms with E-state index in [1.165, 1.54) is 0 Å². The van der Waals surface area contributed by atoms with Crippen molar-refractivity contribution in [1.29, 1.82) is 5.26 Å². The third-order valence-corrected chi connectivity index (χ3v) is 2.59. The molecule has 0 fully saturated rings. The molecule has 0 aliphatic rings. The smallest absolute Gasteiger partial charge is 0.356 e. The zero-order valence-corrected chi connectivity index (χ0v) is 12.8. The number of hydrogen-bond donors (Lipinski definition) is 1. The Morgan fingerprint density at radius 3 is 2.63 bits per heavy atom. The van der Waals surface area contributed by atoms with Gasteiger partial charge in [0.15, 0.2) is 0 Å². The summed E-state index contributed by atoms with van der Waals surface area (Å²) < 4.78 is 0. The molecule has 1 heterocycles. The van der Waals surface area contributed by atoms with Gasteiger partial charge in [-0.1, -0.05) is 30.3 Å². The Labute approximate surface area is 133 Å². The van der Waals surface area contributed by atoms with Crippen molar-refractivity contribution in [2.45, 2.75) is 13.3 Å². The van der Waals surface area contributed by atoms with Crippen molar-refractivity contribution in [1.82, 2.24) is 9.97 Å². The van der Waals surface area contributed by atoms with Crippen LogP contribution in [0.25, 0.3) is 5.32 Å². The minimum atomic E-state index is -0.250. The topological polar surface area (TPSA) is 83.6 Å². The van der Waals surface area contributed by atoms with E-state index in [2.05, 4.69) is 15.3 Å². The van der Waals surface area contributed by atoms with Crippen molar-refractivity contribution in [2.75, 3.05) is 0 Å². The predicted molar refractivity (Wildman–Crippen MR) is 67.5 cm³/mol. The molecule has 0 unspecified atom stereocenters. The molecule has 0 saturated carbocycles. The minimum Gasteiger partial charge on any atom is -0.356 e. The van der Waals surface area contributed by atoms with E-state index >= 15 is 0 Å². The summed E-state index contributed by atoms with van der Waals surface area (Å²) in [6.07, 6.45) is 2.12. The number of H-pyrrole nitrogens is 1. The van der Waals surface area contributed by atoms with E-state index in [1.54, 1.807) is 13.1 Å². The van der Waals surface area contributed by atoms with E-state index in [1.807, 2.05) is 30.3 Å².